The van der Waals surface area contributed by atoms with Crippen LogP contribution in [0.2, 0.25) is 0 Å². The fraction of sp³-hybridized carbons (Fsp3) is 0.704. The Bertz CT molecular complexity index is 1560. The van der Waals surface area contributed by atoms with Crippen molar-refractivity contribution in [1.29, 1.82) is 0 Å². The monoisotopic (exact) mass is 1070 g/mol. The van der Waals surface area contributed by atoms with Crippen LogP contribution in [0, 0.1) is 0 Å². The zero-order valence-electron chi connectivity index (χ0n) is 50.4. The van der Waals surface area contributed by atoms with Crippen LogP contribution in [0.5, 0.6) is 0 Å². The van der Waals surface area contributed by atoms with Gasteiger partial charge in [-0.1, -0.05) is 278 Å². The summed E-state index contributed by atoms with van der Waals surface area (Å²) in [5.41, 5.74) is 0. The molecule has 0 amide bonds. The largest absolute Gasteiger partial charge is 0.462 e. The first-order chi connectivity index (χ1) is 38.0. The molecule has 0 aromatic carbocycles. The molecule has 0 aliphatic carbocycles. The van der Waals surface area contributed by atoms with Crippen molar-refractivity contribution in [1.82, 2.24) is 0 Å². The second-order valence-corrected chi connectivity index (χ2v) is 21.3. The van der Waals surface area contributed by atoms with Crippen LogP contribution in [0.15, 0.2) is 109 Å². The predicted molar refractivity (Wildman–Crippen MR) is 334 cm³/mol. The van der Waals surface area contributed by atoms with Gasteiger partial charge in [0.2, 0.25) is 0 Å². The summed E-state index contributed by atoms with van der Waals surface area (Å²) in [6.45, 7) is 6.45. The smallest absolute Gasteiger partial charge is 0.306 e. The highest BCUT2D eigenvalue weighted by molar-refractivity contribution is 5.71. The maximum atomic E-state index is 12.9. The topological polar surface area (TPSA) is 78.9 Å². The third-order valence-electron chi connectivity index (χ3n) is 13.7. The number of hydrogen-bond donors (Lipinski definition) is 0. The van der Waals surface area contributed by atoms with Crippen LogP contribution in [0.1, 0.15) is 303 Å². The fourth-order valence-corrected chi connectivity index (χ4v) is 8.91. The van der Waals surface area contributed by atoms with Gasteiger partial charge in [-0.05, 0) is 116 Å². The Morgan fingerprint density at radius 2 is 0.532 bits per heavy atom. The number of unbranched alkanes of at least 4 members (excludes halogenated alkanes) is 29. The van der Waals surface area contributed by atoms with Crippen LogP contribution in [0.4, 0.5) is 0 Å². The van der Waals surface area contributed by atoms with Crippen molar-refractivity contribution in [3.8, 4) is 0 Å². The number of carbonyl (C=O) groups is 3. The number of rotatable bonds is 58. The average molecular weight is 1070 g/mol. The molecule has 0 spiro atoms. The first-order valence-electron chi connectivity index (χ1n) is 32.4. The van der Waals surface area contributed by atoms with E-state index in [-0.39, 0.29) is 37.5 Å². The van der Waals surface area contributed by atoms with E-state index in [9.17, 15) is 14.4 Å². The standard InChI is InChI=1S/C71H120O6/c1-4-7-10-13-16-19-22-25-27-29-31-33-34-35-36-38-39-41-43-46-49-52-55-58-61-64-70(73)76-67-68(66-75-69(72)63-60-57-54-51-48-45-24-21-18-15-12-9-6-3)77-71(74)65-62-59-56-53-50-47-44-42-40-37-32-30-28-26-23-20-17-14-11-8-5-2/h9,12,18,21-23,25-26,29-32,40,42,45,48,54,57,68H,4-8,10-11,13-17,19-20,24,27-28,33-39,41,43-44,46-47,49-53,55-56,58-67H2,1-3H3/b12-9-,21-18-,25-22-,26-23-,31-29-,32-30-,42-40-,48-45-,57-54-. The molecule has 0 radical (unpaired) electrons. The van der Waals surface area contributed by atoms with Crippen LogP contribution in [0.3, 0.4) is 0 Å². The molecule has 0 aliphatic rings. The van der Waals surface area contributed by atoms with Gasteiger partial charge < -0.3 is 14.2 Å². The van der Waals surface area contributed by atoms with E-state index in [0.717, 1.165) is 96.3 Å². The summed E-state index contributed by atoms with van der Waals surface area (Å²) in [5, 5.41) is 0. The molecule has 77 heavy (non-hydrogen) atoms. The van der Waals surface area contributed by atoms with Gasteiger partial charge in [0.1, 0.15) is 13.2 Å². The van der Waals surface area contributed by atoms with Crippen molar-refractivity contribution in [2.45, 2.75) is 309 Å². The number of ether oxygens (including phenoxy) is 3. The second kappa shape index (κ2) is 64.6. The third kappa shape index (κ3) is 62.8. The Morgan fingerprint density at radius 3 is 0.870 bits per heavy atom. The predicted octanol–water partition coefficient (Wildman–Crippen LogP) is 22.2. The summed E-state index contributed by atoms with van der Waals surface area (Å²) < 4.78 is 16.8. The van der Waals surface area contributed by atoms with Gasteiger partial charge >= 0.3 is 17.9 Å². The molecule has 0 bridgehead atoms. The van der Waals surface area contributed by atoms with Gasteiger partial charge in [0.05, 0.1) is 0 Å². The van der Waals surface area contributed by atoms with Gasteiger partial charge in [-0.25, -0.2) is 0 Å². The molecule has 6 heteroatoms. The van der Waals surface area contributed by atoms with E-state index < -0.39 is 6.10 Å². The van der Waals surface area contributed by atoms with Gasteiger partial charge in [0, 0.05) is 19.3 Å². The average Bonchev–Trinajstić information content (AvgIpc) is 3.43. The Morgan fingerprint density at radius 1 is 0.273 bits per heavy atom. The van der Waals surface area contributed by atoms with Gasteiger partial charge in [0.25, 0.3) is 0 Å². The molecule has 6 nitrogen and oxygen atoms in total. The molecule has 0 aliphatic heterocycles. The number of carbonyl (C=O) groups excluding carboxylic acids is 3. The Kier molecular flexibility index (Phi) is 61.3. The highest BCUT2D eigenvalue weighted by Crippen LogP contribution is 2.16. The molecule has 0 aromatic rings. The summed E-state index contributed by atoms with van der Waals surface area (Å²) >= 11 is 0. The van der Waals surface area contributed by atoms with Crippen LogP contribution < -0.4 is 0 Å². The Hall–Kier alpha value is -3.93. The highest BCUT2D eigenvalue weighted by Gasteiger charge is 2.19. The summed E-state index contributed by atoms with van der Waals surface area (Å²) in [6.07, 6.45) is 88.3. The minimum Gasteiger partial charge on any atom is -0.462 e. The van der Waals surface area contributed by atoms with Crippen molar-refractivity contribution in [2.24, 2.45) is 0 Å². The van der Waals surface area contributed by atoms with Gasteiger partial charge in [-0.15, -0.1) is 0 Å². The quantitative estimate of drug-likeness (QED) is 0.0261. The number of hydrogen-bond acceptors (Lipinski definition) is 6. The van der Waals surface area contributed by atoms with E-state index in [1.165, 1.54) is 161 Å². The van der Waals surface area contributed by atoms with Gasteiger partial charge in [-0.2, -0.15) is 0 Å². The Balaban J connectivity index is 4.38. The molecule has 0 rings (SSSR count). The lowest BCUT2D eigenvalue weighted by molar-refractivity contribution is -0.166. The van der Waals surface area contributed by atoms with Crippen molar-refractivity contribution < 1.29 is 28.6 Å². The molecule has 1 atom stereocenters. The molecule has 1 unspecified atom stereocenters. The van der Waals surface area contributed by atoms with E-state index >= 15 is 0 Å². The SMILES string of the molecule is CC/C=C\C/C=C\C/C=C\C/C=C\CCC(=O)OCC(COC(=O)CCCCCCCCCCCCCCC/C=C\C/C=C\CCCCCCC)OC(=O)CCCCCCCC/C=C\C/C=C\C/C=C\CCCCCCC. The first-order valence-corrected chi connectivity index (χ1v) is 32.4. The van der Waals surface area contributed by atoms with E-state index in [4.69, 9.17) is 14.2 Å². The Labute approximate surface area is 476 Å². The molecule has 0 saturated carbocycles. The molecule has 0 saturated heterocycles. The van der Waals surface area contributed by atoms with Crippen LogP contribution in [-0.4, -0.2) is 37.2 Å². The van der Waals surface area contributed by atoms with Crippen LogP contribution in [-0.2, 0) is 28.6 Å². The molecule has 0 heterocycles. The lowest BCUT2D eigenvalue weighted by atomic mass is 10.0. The maximum Gasteiger partial charge on any atom is 0.306 e. The molecule has 0 fully saturated rings. The molecule has 440 valence electrons. The van der Waals surface area contributed by atoms with E-state index in [0.29, 0.717) is 19.3 Å². The second-order valence-electron chi connectivity index (χ2n) is 21.3. The van der Waals surface area contributed by atoms with E-state index in [1.807, 2.05) is 6.08 Å². The highest BCUT2D eigenvalue weighted by atomic mass is 16.6. The van der Waals surface area contributed by atoms with E-state index in [1.54, 1.807) is 0 Å². The summed E-state index contributed by atoms with van der Waals surface area (Å²) in [4.78, 5) is 38.3. The summed E-state index contributed by atoms with van der Waals surface area (Å²) in [5.74, 6) is -0.999. The zero-order chi connectivity index (χ0) is 55.7. The minimum atomic E-state index is -0.817. The van der Waals surface area contributed by atoms with Crippen molar-refractivity contribution in [2.75, 3.05) is 13.2 Å². The molecule has 0 N–H and O–H groups in total. The first kappa shape index (κ1) is 73.1. The fourth-order valence-electron chi connectivity index (χ4n) is 8.91. The van der Waals surface area contributed by atoms with Crippen molar-refractivity contribution in [3.63, 3.8) is 0 Å². The number of esters is 3. The third-order valence-corrected chi connectivity index (χ3v) is 13.7. The van der Waals surface area contributed by atoms with Crippen molar-refractivity contribution >= 4 is 17.9 Å². The van der Waals surface area contributed by atoms with Crippen LogP contribution in [0.25, 0.3) is 0 Å². The van der Waals surface area contributed by atoms with Gasteiger partial charge in [-0.3, -0.25) is 14.4 Å². The van der Waals surface area contributed by atoms with Gasteiger partial charge in [0.15, 0.2) is 6.10 Å². The summed E-state index contributed by atoms with van der Waals surface area (Å²) in [7, 11) is 0. The van der Waals surface area contributed by atoms with E-state index in [2.05, 4.69) is 124 Å². The molecule has 0 aromatic heterocycles. The molecular formula is C71H120O6. The minimum absolute atomic E-state index is 0.106. The van der Waals surface area contributed by atoms with Crippen molar-refractivity contribution in [3.05, 3.63) is 109 Å². The zero-order valence-corrected chi connectivity index (χ0v) is 50.4. The van der Waals surface area contributed by atoms with Crippen LogP contribution >= 0.6 is 0 Å². The number of allylic oxidation sites excluding steroid dienone is 18. The normalized spacial score (nSPS) is 12.8. The molecular weight excluding hydrogens is 949 g/mol. The summed E-state index contributed by atoms with van der Waals surface area (Å²) in [6, 6.07) is 0. The lowest BCUT2D eigenvalue weighted by Gasteiger charge is -2.18. The lowest BCUT2D eigenvalue weighted by Crippen LogP contribution is -2.30. The maximum absolute atomic E-state index is 12.9.